The molecule has 0 bridgehead atoms. The summed E-state index contributed by atoms with van der Waals surface area (Å²) < 4.78 is 15.1. The summed E-state index contributed by atoms with van der Waals surface area (Å²) in [5.41, 5.74) is 1.45. The van der Waals surface area contributed by atoms with Gasteiger partial charge in [-0.25, -0.2) is 9.37 Å². The van der Waals surface area contributed by atoms with Crippen LogP contribution in [-0.4, -0.2) is 15.3 Å². The summed E-state index contributed by atoms with van der Waals surface area (Å²) in [5, 5.41) is 4.97. The maximum absolute atomic E-state index is 13.2. The lowest BCUT2D eigenvalue weighted by atomic mass is 9.93. The molecule has 0 spiro atoms. The number of allylic oxidation sites excluding steroid dienone is 2. The molecule has 3 aromatic rings. The second kappa shape index (κ2) is 6.20. The van der Waals surface area contributed by atoms with Crippen molar-refractivity contribution in [2.45, 2.75) is 19.3 Å². The summed E-state index contributed by atoms with van der Waals surface area (Å²) in [7, 11) is 0. The van der Waals surface area contributed by atoms with E-state index in [-0.39, 0.29) is 17.6 Å². The minimum Gasteiger partial charge on any atom is -0.310 e. The van der Waals surface area contributed by atoms with Crippen LogP contribution in [0.2, 0.25) is 0 Å². The third-order valence-electron chi connectivity index (χ3n) is 4.26. The van der Waals surface area contributed by atoms with Crippen LogP contribution in [0.4, 0.5) is 10.2 Å². The van der Waals surface area contributed by atoms with Crippen LogP contribution >= 0.6 is 11.3 Å². The third-order valence-corrected chi connectivity index (χ3v) is 5.02. The Hall–Kier alpha value is -2.47. The summed E-state index contributed by atoms with van der Waals surface area (Å²) in [6, 6.07) is 6.17. The average molecular weight is 341 g/mol. The van der Waals surface area contributed by atoms with E-state index < -0.39 is 0 Å². The lowest BCUT2D eigenvalue weighted by Gasteiger charge is -2.17. The maximum atomic E-state index is 13.2. The molecule has 0 saturated heterocycles. The summed E-state index contributed by atoms with van der Waals surface area (Å²) in [4.78, 5) is 18.0. The van der Waals surface area contributed by atoms with Gasteiger partial charge in [-0.1, -0.05) is 12.2 Å². The average Bonchev–Trinajstić information content (AvgIpc) is 3.19. The predicted molar refractivity (Wildman–Crippen MR) is 93.6 cm³/mol. The van der Waals surface area contributed by atoms with E-state index in [9.17, 15) is 9.18 Å². The van der Waals surface area contributed by atoms with E-state index in [1.165, 1.54) is 23.5 Å². The molecule has 1 unspecified atom stereocenters. The molecule has 1 aromatic carbocycles. The van der Waals surface area contributed by atoms with Gasteiger partial charge in [-0.15, -0.1) is 11.3 Å². The zero-order valence-electron chi connectivity index (χ0n) is 12.9. The summed E-state index contributed by atoms with van der Waals surface area (Å²) in [6.45, 7) is 0. The zero-order valence-corrected chi connectivity index (χ0v) is 13.7. The largest absolute Gasteiger partial charge is 0.310 e. The Morgan fingerprint density at radius 2 is 2.12 bits per heavy atom. The van der Waals surface area contributed by atoms with E-state index in [1.807, 2.05) is 16.0 Å². The van der Waals surface area contributed by atoms with Gasteiger partial charge in [-0.2, -0.15) is 0 Å². The van der Waals surface area contributed by atoms with Gasteiger partial charge in [0.15, 0.2) is 4.96 Å². The first-order valence-corrected chi connectivity index (χ1v) is 8.77. The van der Waals surface area contributed by atoms with Gasteiger partial charge in [0.25, 0.3) is 0 Å². The number of imidazole rings is 1. The molecule has 1 aliphatic rings. The molecule has 4 rings (SSSR count). The molecule has 6 heteroatoms. The number of amides is 1. The molecular weight excluding hydrogens is 325 g/mol. The van der Waals surface area contributed by atoms with Gasteiger partial charge in [-0.05, 0) is 43.5 Å². The van der Waals surface area contributed by atoms with Gasteiger partial charge in [0.05, 0.1) is 0 Å². The molecule has 122 valence electrons. The molecule has 0 aliphatic heterocycles. The lowest BCUT2D eigenvalue weighted by molar-refractivity contribution is -0.120. The Morgan fingerprint density at radius 1 is 1.29 bits per heavy atom. The number of fused-ring (bicyclic) bond motifs is 1. The van der Waals surface area contributed by atoms with Crippen molar-refractivity contribution in [2.24, 2.45) is 5.92 Å². The number of benzene rings is 1. The fourth-order valence-corrected chi connectivity index (χ4v) is 3.68. The topological polar surface area (TPSA) is 46.4 Å². The molecule has 4 nitrogen and oxygen atoms in total. The van der Waals surface area contributed by atoms with Gasteiger partial charge in [0, 0.05) is 23.1 Å². The van der Waals surface area contributed by atoms with Gasteiger partial charge in [-0.3, -0.25) is 9.20 Å². The van der Waals surface area contributed by atoms with Gasteiger partial charge < -0.3 is 5.32 Å². The van der Waals surface area contributed by atoms with Crippen LogP contribution in [0.1, 0.15) is 19.3 Å². The normalized spacial score (nSPS) is 17.3. The van der Waals surface area contributed by atoms with E-state index in [0.717, 1.165) is 29.8 Å². The predicted octanol–water partition coefficient (Wildman–Crippen LogP) is 4.50. The zero-order chi connectivity index (χ0) is 16.5. The summed E-state index contributed by atoms with van der Waals surface area (Å²) >= 11 is 1.50. The second-order valence-corrected chi connectivity index (χ2v) is 6.72. The first kappa shape index (κ1) is 15.1. The van der Waals surface area contributed by atoms with E-state index >= 15 is 0 Å². The van der Waals surface area contributed by atoms with Crippen molar-refractivity contribution in [3.63, 3.8) is 0 Å². The summed E-state index contributed by atoms with van der Waals surface area (Å²) in [6.07, 6.45) is 8.62. The number of hydrogen-bond acceptors (Lipinski definition) is 3. The number of thiazole rings is 1. The Kier molecular flexibility index (Phi) is 3.90. The molecule has 1 atom stereocenters. The van der Waals surface area contributed by atoms with Crippen LogP contribution < -0.4 is 5.32 Å². The second-order valence-electron chi connectivity index (χ2n) is 5.84. The fourth-order valence-electron chi connectivity index (χ4n) is 2.96. The van der Waals surface area contributed by atoms with Gasteiger partial charge >= 0.3 is 0 Å². The Balaban J connectivity index is 1.71. The van der Waals surface area contributed by atoms with E-state index in [4.69, 9.17) is 0 Å². The Bertz CT molecular complexity index is 910. The maximum Gasteiger partial charge on any atom is 0.228 e. The van der Waals surface area contributed by atoms with Crippen LogP contribution in [0, 0.1) is 11.7 Å². The number of halogens is 1. The molecule has 2 heterocycles. The lowest BCUT2D eigenvalue weighted by Crippen LogP contribution is -2.24. The number of anilines is 1. The molecule has 24 heavy (non-hydrogen) atoms. The number of rotatable bonds is 3. The number of carbonyl (C=O) groups excluding carboxylic acids is 1. The third kappa shape index (κ3) is 2.73. The van der Waals surface area contributed by atoms with Crippen molar-refractivity contribution in [2.75, 3.05) is 5.32 Å². The van der Waals surface area contributed by atoms with E-state index in [2.05, 4.69) is 22.5 Å². The first-order chi connectivity index (χ1) is 11.7. The number of nitrogens with zero attached hydrogens (tertiary/aromatic N) is 2. The van der Waals surface area contributed by atoms with Crippen LogP contribution in [0.3, 0.4) is 0 Å². The Morgan fingerprint density at radius 3 is 2.88 bits per heavy atom. The minimum absolute atomic E-state index is 0.00992. The van der Waals surface area contributed by atoms with Gasteiger partial charge in [0.2, 0.25) is 5.91 Å². The van der Waals surface area contributed by atoms with Crippen molar-refractivity contribution in [3.05, 3.63) is 53.8 Å². The minimum atomic E-state index is -0.292. The van der Waals surface area contributed by atoms with Crippen molar-refractivity contribution >= 4 is 28.0 Å². The standard InChI is InChI=1S/C18H16FN3OS/c19-14-8-6-12(7-9-14)15-16(22-10-11-24-18(22)20-15)21-17(23)13-4-2-1-3-5-13/h1-2,6-11,13H,3-5H2,(H,21,23). The smallest absolute Gasteiger partial charge is 0.228 e. The van der Waals surface area contributed by atoms with Crippen molar-refractivity contribution in [1.29, 1.82) is 0 Å². The van der Waals surface area contributed by atoms with Crippen LogP contribution in [-0.2, 0) is 4.79 Å². The van der Waals surface area contributed by atoms with Crippen molar-refractivity contribution in [1.82, 2.24) is 9.38 Å². The number of nitrogens with one attached hydrogen (secondary N) is 1. The first-order valence-electron chi connectivity index (χ1n) is 7.90. The fraction of sp³-hybridized carbons (Fsp3) is 0.222. The molecule has 1 N–H and O–H groups in total. The quantitative estimate of drug-likeness (QED) is 0.713. The highest BCUT2D eigenvalue weighted by molar-refractivity contribution is 7.15. The number of aromatic nitrogens is 2. The van der Waals surface area contributed by atoms with Crippen LogP contribution in [0.5, 0.6) is 0 Å². The van der Waals surface area contributed by atoms with Crippen LogP contribution in [0.25, 0.3) is 16.2 Å². The molecule has 2 aromatic heterocycles. The van der Waals surface area contributed by atoms with Crippen LogP contribution in [0.15, 0.2) is 48.0 Å². The van der Waals surface area contributed by atoms with Gasteiger partial charge in [0.1, 0.15) is 17.3 Å². The van der Waals surface area contributed by atoms with Crippen molar-refractivity contribution in [3.8, 4) is 11.3 Å². The number of hydrogen-bond donors (Lipinski definition) is 1. The molecule has 0 saturated carbocycles. The molecular formula is C18H16FN3OS. The number of carbonyl (C=O) groups is 1. The van der Waals surface area contributed by atoms with E-state index in [0.29, 0.717) is 11.5 Å². The SMILES string of the molecule is O=C(Nc1c(-c2ccc(F)cc2)nc2sccn12)C1CC=CCC1. The monoisotopic (exact) mass is 341 g/mol. The Labute approximate surface area is 142 Å². The molecule has 0 radical (unpaired) electrons. The highest BCUT2D eigenvalue weighted by atomic mass is 32.1. The highest BCUT2D eigenvalue weighted by Crippen LogP contribution is 2.32. The molecule has 1 aliphatic carbocycles. The van der Waals surface area contributed by atoms with Crippen molar-refractivity contribution < 1.29 is 9.18 Å². The highest BCUT2D eigenvalue weighted by Gasteiger charge is 2.23. The summed E-state index contributed by atoms with van der Waals surface area (Å²) in [5.74, 6) is 0.354. The molecule has 1 amide bonds. The molecule has 0 fully saturated rings. The van der Waals surface area contributed by atoms with E-state index in [1.54, 1.807) is 12.1 Å².